The van der Waals surface area contributed by atoms with Crippen LogP contribution >= 0.6 is 0 Å². The maximum atomic E-state index is 12.8. The first-order valence-electron chi connectivity index (χ1n) is 9.18. The molecule has 0 spiro atoms. The summed E-state index contributed by atoms with van der Waals surface area (Å²) in [6, 6.07) is 0. The molecule has 0 saturated heterocycles. The summed E-state index contributed by atoms with van der Waals surface area (Å²) in [6.07, 6.45) is 5.74. The highest BCUT2D eigenvalue weighted by atomic mass is 16.5. The summed E-state index contributed by atoms with van der Waals surface area (Å²) >= 11 is 0. The molecule has 0 aliphatic carbocycles. The molecule has 3 atom stereocenters. The molecule has 1 rings (SSSR count). The number of aliphatic hydroxyl groups is 1. The van der Waals surface area contributed by atoms with Crippen molar-refractivity contribution in [1.29, 1.82) is 0 Å². The zero-order valence-corrected chi connectivity index (χ0v) is 15.9. The van der Waals surface area contributed by atoms with Crippen LogP contribution in [-0.2, 0) is 14.3 Å². The van der Waals surface area contributed by atoms with Gasteiger partial charge in [0.05, 0.1) is 24.5 Å². The Labute approximate surface area is 146 Å². The molecule has 1 heterocycles. The van der Waals surface area contributed by atoms with E-state index in [9.17, 15) is 14.7 Å². The Bertz CT molecular complexity index is 464. The average molecular weight is 338 g/mol. The first kappa shape index (κ1) is 20.9. The van der Waals surface area contributed by atoms with E-state index in [0.717, 1.165) is 25.7 Å². The number of aliphatic hydroxyl groups excluding tert-OH is 1. The number of hydrogen-bond acceptors (Lipinski definition) is 4. The molecule has 0 aromatic carbocycles. The molecule has 1 N–H and O–H groups in total. The van der Waals surface area contributed by atoms with Crippen molar-refractivity contribution in [2.75, 3.05) is 6.61 Å². The highest BCUT2D eigenvalue weighted by Gasteiger charge is 2.39. The van der Waals surface area contributed by atoms with Gasteiger partial charge in [0.2, 0.25) is 0 Å². The molecule has 138 valence electrons. The Morgan fingerprint density at radius 3 is 2.58 bits per heavy atom. The minimum Gasteiger partial charge on any atom is -0.465 e. The molecule has 1 aliphatic heterocycles. The summed E-state index contributed by atoms with van der Waals surface area (Å²) in [7, 11) is 0. The third kappa shape index (κ3) is 6.39. The van der Waals surface area contributed by atoms with Crippen molar-refractivity contribution in [2.45, 2.75) is 79.2 Å². The number of carbonyl (C=O) groups excluding carboxylic acids is 2. The molecule has 3 unspecified atom stereocenters. The summed E-state index contributed by atoms with van der Waals surface area (Å²) in [5, 5.41) is 10.4. The lowest BCUT2D eigenvalue weighted by Crippen LogP contribution is -2.42. The smallest absolute Gasteiger partial charge is 0.308 e. The minimum atomic E-state index is -1.01. The van der Waals surface area contributed by atoms with Crippen LogP contribution in [0.1, 0.15) is 73.1 Å². The van der Waals surface area contributed by atoms with E-state index in [1.165, 1.54) is 5.57 Å². The third-order valence-corrected chi connectivity index (χ3v) is 5.17. The van der Waals surface area contributed by atoms with Gasteiger partial charge >= 0.3 is 5.97 Å². The number of allylic oxidation sites excluding steroid dienone is 1. The van der Waals surface area contributed by atoms with Crippen LogP contribution in [0, 0.1) is 17.3 Å². The molecule has 24 heavy (non-hydrogen) atoms. The van der Waals surface area contributed by atoms with Crippen LogP contribution in [-0.4, -0.2) is 29.6 Å². The second kappa shape index (κ2) is 9.36. The SMILES string of the molecule is C/C1=C/CCOC(=O)CC(O)C(C)(C)C(=O)C(C)CC(C)CCC1. The third-order valence-electron chi connectivity index (χ3n) is 5.17. The van der Waals surface area contributed by atoms with Crippen molar-refractivity contribution in [1.82, 2.24) is 0 Å². The monoisotopic (exact) mass is 338 g/mol. The van der Waals surface area contributed by atoms with Crippen molar-refractivity contribution < 1.29 is 19.4 Å². The maximum absolute atomic E-state index is 12.8. The molecular weight excluding hydrogens is 304 g/mol. The lowest BCUT2D eigenvalue weighted by atomic mass is 9.74. The number of cyclic esters (lactones) is 1. The standard InChI is InChI=1S/C20H34O4/c1-14-8-6-9-15(2)12-16(3)19(23)20(4,5)17(21)13-18(22)24-11-7-10-14/h10,15-17,21H,6-9,11-13H2,1-5H3/b14-10-. The van der Waals surface area contributed by atoms with Crippen molar-refractivity contribution in [3.63, 3.8) is 0 Å². The molecule has 0 aromatic rings. The molecule has 0 saturated carbocycles. The second-order valence-corrected chi connectivity index (χ2v) is 8.00. The Morgan fingerprint density at radius 2 is 1.92 bits per heavy atom. The Morgan fingerprint density at radius 1 is 1.25 bits per heavy atom. The van der Waals surface area contributed by atoms with Gasteiger partial charge in [0.25, 0.3) is 0 Å². The van der Waals surface area contributed by atoms with E-state index in [2.05, 4.69) is 19.9 Å². The molecule has 0 fully saturated rings. The number of rotatable bonds is 0. The molecule has 1 aliphatic rings. The van der Waals surface area contributed by atoms with E-state index in [-0.39, 0.29) is 18.1 Å². The molecule has 0 amide bonds. The lowest BCUT2D eigenvalue weighted by Gasteiger charge is -2.32. The van der Waals surface area contributed by atoms with Gasteiger partial charge in [0, 0.05) is 5.92 Å². The maximum Gasteiger partial charge on any atom is 0.308 e. The van der Waals surface area contributed by atoms with Gasteiger partial charge in [0.15, 0.2) is 0 Å². The van der Waals surface area contributed by atoms with Gasteiger partial charge < -0.3 is 9.84 Å². The zero-order valence-electron chi connectivity index (χ0n) is 15.9. The number of carbonyl (C=O) groups is 2. The summed E-state index contributed by atoms with van der Waals surface area (Å²) in [6.45, 7) is 10.00. The Hall–Kier alpha value is -1.16. The van der Waals surface area contributed by atoms with Gasteiger partial charge in [-0.2, -0.15) is 0 Å². The number of ketones is 1. The fourth-order valence-electron chi connectivity index (χ4n) is 3.41. The minimum absolute atomic E-state index is 0.0258. The van der Waals surface area contributed by atoms with Crippen molar-refractivity contribution in [3.05, 3.63) is 11.6 Å². The Kier molecular flexibility index (Phi) is 8.14. The van der Waals surface area contributed by atoms with Crippen LogP contribution in [0.5, 0.6) is 0 Å². The normalized spacial score (nSPS) is 33.4. The number of hydrogen-bond donors (Lipinski definition) is 1. The van der Waals surface area contributed by atoms with E-state index in [0.29, 0.717) is 18.9 Å². The molecule has 0 aromatic heterocycles. The van der Waals surface area contributed by atoms with Gasteiger partial charge in [-0.05, 0) is 38.5 Å². The van der Waals surface area contributed by atoms with E-state index >= 15 is 0 Å². The second-order valence-electron chi connectivity index (χ2n) is 8.00. The summed E-state index contributed by atoms with van der Waals surface area (Å²) in [5.41, 5.74) is 0.377. The highest BCUT2D eigenvalue weighted by molar-refractivity contribution is 5.87. The molecule has 4 heteroatoms. The van der Waals surface area contributed by atoms with Crippen molar-refractivity contribution in [2.24, 2.45) is 17.3 Å². The lowest BCUT2D eigenvalue weighted by molar-refractivity contribution is -0.150. The zero-order chi connectivity index (χ0) is 18.3. The first-order chi connectivity index (χ1) is 11.1. The van der Waals surface area contributed by atoms with Crippen LogP contribution < -0.4 is 0 Å². The molecule has 4 nitrogen and oxygen atoms in total. The van der Waals surface area contributed by atoms with Crippen LogP contribution in [0.2, 0.25) is 0 Å². The van der Waals surface area contributed by atoms with Crippen LogP contribution in [0.4, 0.5) is 0 Å². The average Bonchev–Trinajstić information content (AvgIpc) is 2.49. The fourth-order valence-corrected chi connectivity index (χ4v) is 3.41. The van der Waals surface area contributed by atoms with Gasteiger partial charge in [-0.25, -0.2) is 0 Å². The summed E-state index contributed by atoms with van der Waals surface area (Å²) < 4.78 is 5.18. The highest BCUT2D eigenvalue weighted by Crippen LogP contribution is 2.31. The van der Waals surface area contributed by atoms with Crippen molar-refractivity contribution >= 4 is 11.8 Å². The van der Waals surface area contributed by atoms with Gasteiger partial charge in [-0.15, -0.1) is 0 Å². The van der Waals surface area contributed by atoms with Gasteiger partial charge in [-0.3, -0.25) is 9.59 Å². The van der Waals surface area contributed by atoms with Crippen LogP contribution in [0.25, 0.3) is 0 Å². The number of esters is 1. The van der Waals surface area contributed by atoms with Gasteiger partial charge in [-0.1, -0.05) is 45.8 Å². The van der Waals surface area contributed by atoms with E-state index < -0.39 is 17.5 Å². The predicted octanol–water partition coefficient (Wildman–Crippen LogP) is 4.06. The van der Waals surface area contributed by atoms with Crippen LogP contribution in [0.15, 0.2) is 11.6 Å². The first-order valence-corrected chi connectivity index (χ1v) is 9.18. The largest absolute Gasteiger partial charge is 0.465 e. The van der Waals surface area contributed by atoms with Crippen molar-refractivity contribution in [3.8, 4) is 0 Å². The topological polar surface area (TPSA) is 63.6 Å². The van der Waals surface area contributed by atoms with Gasteiger partial charge in [0.1, 0.15) is 5.78 Å². The quantitative estimate of drug-likeness (QED) is 0.534. The summed E-state index contributed by atoms with van der Waals surface area (Å²) in [5.74, 6) is -0.0619. The number of Topliss-reactive ketones (excluding diaryl/α,β-unsaturated/α-hetero) is 1. The summed E-state index contributed by atoms with van der Waals surface area (Å²) in [4.78, 5) is 24.6. The van der Waals surface area contributed by atoms with E-state index in [1.807, 2.05) is 6.92 Å². The Balaban J connectivity index is 2.86. The predicted molar refractivity (Wildman–Crippen MR) is 95.5 cm³/mol. The fraction of sp³-hybridized carbons (Fsp3) is 0.800. The molecular formula is C20H34O4. The van der Waals surface area contributed by atoms with E-state index in [4.69, 9.17) is 4.74 Å². The van der Waals surface area contributed by atoms with E-state index in [1.54, 1.807) is 13.8 Å². The molecule has 0 bridgehead atoms. The molecule has 0 radical (unpaired) electrons. The number of ether oxygens (including phenoxy) is 1. The van der Waals surface area contributed by atoms with Crippen LogP contribution in [0.3, 0.4) is 0 Å².